The number of fused-ring (bicyclic) bond motifs is 1. The van der Waals surface area contributed by atoms with Crippen molar-refractivity contribution in [2.45, 2.75) is 6.54 Å². The Labute approximate surface area is 94.2 Å². The minimum Gasteiger partial charge on any atom is -0.375 e. The number of benzene rings is 1. The summed E-state index contributed by atoms with van der Waals surface area (Å²) in [4.78, 5) is 13.7. The van der Waals surface area contributed by atoms with E-state index in [0.717, 1.165) is 12.1 Å². The van der Waals surface area contributed by atoms with Crippen LogP contribution in [0, 0.1) is 0 Å². The summed E-state index contributed by atoms with van der Waals surface area (Å²) in [5, 5.41) is 0. The van der Waals surface area contributed by atoms with E-state index in [2.05, 4.69) is 0 Å². The van der Waals surface area contributed by atoms with E-state index in [1.165, 1.54) is 5.56 Å². The molecule has 0 bridgehead atoms. The largest absolute Gasteiger partial charge is 0.375 e. The van der Waals surface area contributed by atoms with Gasteiger partial charge in [-0.05, 0) is 11.1 Å². The highest BCUT2D eigenvalue weighted by atomic mass is 35.5. The number of Topliss-reactive ketones (excluding diaryl/α,β-unsaturated/α-hetero) is 1. The molecule has 0 N–H and O–H groups in total. The molecule has 0 aliphatic carbocycles. The van der Waals surface area contributed by atoms with E-state index in [1.54, 1.807) is 0 Å². The fourth-order valence-corrected chi connectivity index (χ4v) is 1.96. The summed E-state index contributed by atoms with van der Waals surface area (Å²) < 4.78 is 0. The number of carbonyl (C=O) groups excluding carboxylic acids is 1. The predicted molar refractivity (Wildman–Crippen MR) is 61.6 cm³/mol. The zero-order valence-corrected chi connectivity index (χ0v) is 9.29. The standard InChI is InChI=1S/C12H12ClNO/c1-14-7-9-4-2-3-5-10(9)11(8-14)12(15)6-13/h2-5,8H,6-7H2,1H3. The lowest BCUT2D eigenvalue weighted by Crippen LogP contribution is -2.20. The SMILES string of the molecule is CN1C=C(C(=O)CCl)c2ccccc2C1. The van der Waals surface area contributed by atoms with E-state index >= 15 is 0 Å². The van der Waals surface area contributed by atoms with Gasteiger partial charge in [0.05, 0.1) is 5.88 Å². The van der Waals surface area contributed by atoms with Crippen molar-refractivity contribution in [1.82, 2.24) is 4.90 Å². The van der Waals surface area contributed by atoms with Crippen LogP contribution < -0.4 is 0 Å². The molecule has 1 aromatic carbocycles. The van der Waals surface area contributed by atoms with E-state index in [-0.39, 0.29) is 11.7 Å². The number of allylic oxidation sites excluding steroid dienone is 1. The number of alkyl halides is 1. The molecule has 3 heteroatoms. The Morgan fingerprint density at radius 2 is 2.20 bits per heavy atom. The third-order valence-corrected chi connectivity index (χ3v) is 2.74. The van der Waals surface area contributed by atoms with Gasteiger partial charge in [-0.15, -0.1) is 11.6 Å². The molecule has 1 aliphatic rings. The highest BCUT2D eigenvalue weighted by Gasteiger charge is 2.19. The Hall–Kier alpha value is -1.28. The van der Waals surface area contributed by atoms with Crippen molar-refractivity contribution in [2.24, 2.45) is 0 Å². The summed E-state index contributed by atoms with van der Waals surface area (Å²) in [6.07, 6.45) is 1.87. The molecule has 1 aromatic rings. The maximum absolute atomic E-state index is 11.6. The second-order valence-corrected chi connectivity index (χ2v) is 3.94. The first kappa shape index (κ1) is 10.2. The quantitative estimate of drug-likeness (QED) is 0.715. The van der Waals surface area contributed by atoms with Crippen LogP contribution in [0.15, 0.2) is 30.5 Å². The van der Waals surface area contributed by atoms with Crippen molar-refractivity contribution in [1.29, 1.82) is 0 Å². The number of hydrogen-bond acceptors (Lipinski definition) is 2. The van der Waals surface area contributed by atoms with Crippen LogP contribution in [0.3, 0.4) is 0 Å². The molecule has 0 aromatic heterocycles. The average Bonchev–Trinajstić information content (AvgIpc) is 2.26. The second-order valence-electron chi connectivity index (χ2n) is 3.67. The Morgan fingerprint density at radius 1 is 1.47 bits per heavy atom. The fraction of sp³-hybridized carbons (Fsp3) is 0.250. The molecule has 1 aliphatic heterocycles. The van der Waals surface area contributed by atoms with Crippen molar-refractivity contribution in [3.63, 3.8) is 0 Å². The normalized spacial score (nSPS) is 14.5. The van der Waals surface area contributed by atoms with Gasteiger partial charge < -0.3 is 4.90 Å². The van der Waals surface area contributed by atoms with Gasteiger partial charge >= 0.3 is 0 Å². The van der Waals surface area contributed by atoms with Crippen LogP contribution in [-0.2, 0) is 11.3 Å². The van der Waals surface area contributed by atoms with Gasteiger partial charge in [0, 0.05) is 25.4 Å². The molecule has 0 spiro atoms. The topological polar surface area (TPSA) is 20.3 Å². The van der Waals surface area contributed by atoms with Gasteiger partial charge in [0.2, 0.25) is 0 Å². The molecule has 78 valence electrons. The van der Waals surface area contributed by atoms with Gasteiger partial charge in [-0.1, -0.05) is 24.3 Å². The number of halogens is 1. The number of hydrogen-bond donors (Lipinski definition) is 0. The molecule has 0 atom stereocenters. The van der Waals surface area contributed by atoms with Crippen LogP contribution >= 0.6 is 11.6 Å². The predicted octanol–water partition coefficient (Wildman–Crippen LogP) is 2.28. The van der Waals surface area contributed by atoms with E-state index in [4.69, 9.17) is 11.6 Å². The van der Waals surface area contributed by atoms with Crippen molar-refractivity contribution in [3.8, 4) is 0 Å². The lowest BCUT2D eigenvalue weighted by atomic mass is 9.95. The van der Waals surface area contributed by atoms with Crippen LogP contribution in [0.1, 0.15) is 11.1 Å². The summed E-state index contributed by atoms with van der Waals surface area (Å²) in [5.41, 5.74) is 2.91. The first-order valence-corrected chi connectivity index (χ1v) is 5.35. The minimum absolute atomic E-state index is 0.0179. The monoisotopic (exact) mass is 221 g/mol. The summed E-state index contributed by atoms with van der Waals surface area (Å²) >= 11 is 5.59. The first-order chi connectivity index (χ1) is 7.22. The molecule has 2 rings (SSSR count). The Bertz CT molecular complexity index is 425. The molecule has 0 fully saturated rings. The number of ketones is 1. The fourth-order valence-electron chi connectivity index (χ4n) is 1.82. The van der Waals surface area contributed by atoms with Gasteiger partial charge in [0.15, 0.2) is 5.78 Å². The third kappa shape index (κ3) is 1.90. The smallest absolute Gasteiger partial charge is 0.179 e. The minimum atomic E-state index is -0.0179. The third-order valence-electron chi connectivity index (χ3n) is 2.50. The molecular weight excluding hydrogens is 210 g/mol. The maximum Gasteiger partial charge on any atom is 0.179 e. The van der Waals surface area contributed by atoms with Crippen LogP contribution in [-0.4, -0.2) is 23.6 Å². The summed E-state index contributed by atoms with van der Waals surface area (Å²) in [6.45, 7) is 0.842. The zero-order chi connectivity index (χ0) is 10.8. The maximum atomic E-state index is 11.6. The Kier molecular flexibility index (Phi) is 2.78. The summed E-state index contributed by atoms with van der Waals surface area (Å²) in [6, 6.07) is 7.94. The number of carbonyl (C=O) groups is 1. The molecular formula is C12H12ClNO. The van der Waals surface area contributed by atoms with E-state index in [0.29, 0.717) is 5.57 Å². The van der Waals surface area contributed by atoms with E-state index in [1.807, 2.05) is 42.4 Å². The molecule has 2 nitrogen and oxygen atoms in total. The molecule has 0 radical (unpaired) electrons. The Morgan fingerprint density at radius 3 is 2.93 bits per heavy atom. The molecule has 15 heavy (non-hydrogen) atoms. The summed E-state index contributed by atoms with van der Waals surface area (Å²) in [7, 11) is 1.96. The van der Waals surface area contributed by atoms with Crippen molar-refractivity contribution in [3.05, 3.63) is 41.6 Å². The van der Waals surface area contributed by atoms with Gasteiger partial charge in [0.1, 0.15) is 0 Å². The molecule has 0 saturated carbocycles. The van der Waals surface area contributed by atoms with Crippen LogP contribution in [0.25, 0.3) is 5.57 Å². The molecule has 0 saturated heterocycles. The van der Waals surface area contributed by atoms with Crippen molar-refractivity contribution in [2.75, 3.05) is 12.9 Å². The van der Waals surface area contributed by atoms with E-state index < -0.39 is 0 Å². The zero-order valence-electron chi connectivity index (χ0n) is 8.53. The van der Waals surface area contributed by atoms with Gasteiger partial charge in [-0.3, -0.25) is 4.79 Å². The molecule has 0 amide bonds. The highest BCUT2D eigenvalue weighted by molar-refractivity contribution is 6.37. The Balaban J connectivity index is 2.49. The van der Waals surface area contributed by atoms with Gasteiger partial charge in [-0.25, -0.2) is 0 Å². The molecule has 0 unspecified atom stereocenters. The molecule has 1 heterocycles. The van der Waals surface area contributed by atoms with Gasteiger partial charge in [0.25, 0.3) is 0 Å². The second kappa shape index (κ2) is 4.07. The number of rotatable bonds is 2. The summed E-state index contributed by atoms with van der Waals surface area (Å²) in [5.74, 6) is 0.0178. The highest BCUT2D eigenvalue weighted by Crippen LogP contribution is 2.26. The van der Waals surface area contributed by atoms with Gasteiger partial charge in [-0.2, -0.15) is 0 Å². The van der Waals surface area contributed by atoms with Crippen LogP contribution in [0.2, 0.25) is 0 Å². The van der Waals surface area contributed by atoms with Crippen molar-refractivity contribution < 1.29 is 4.79 Å². The lowest BCUT2D eigenvalue weighted by molar-refractivity contribution is -0.111. The van der Waals surface area contributed by atoms with Crippen molar-refractivity contribution >= 4 is 23.0 Å². The average molecular weight is 222 g/mol. The first-order valence-electron chi connectivity index (χ1n) is 4.82. The lowest BCUT2D eigenvalue weighted by Gasteiger charge is -2.24. The number of nitrogens with zero attached hydrogens (tertiary/aromatic N) is 1. The van der Waals surface area contributed by atoms with Crippen LogP contribution in [0.4, 0.5) is 0 Å². The van der Waals surface area contributed by atoms with E-state index in [9.17, 15) is 4.79 Å². The van der Waals surface area contributed by atoms with Crippen LogP contribution in [0.5, 0.6) is 0 Å².